The summed E-state index contributed by atoms with van der Waals surface area (Å²) >= 11 is 0. The quantitative estimate of drug-likeness (QED) is 0.157. The average molecular weight is 747 g/mol. The number of Topliss-reactive ketones (excluding diaryl/α,β-unsaturated/α-hetero) is 2. The van der Waals surface area contributed by atoms with Gasteiger partial charge in [0.1, 0.15) is 11.6 Å². The Bertz CT molecular complexity index is 1980. The molecule has 1 fully saturated rings. The van der Waals surface area contributed by atoms with Crippen molar-refractivity contribution in [2.45, 2.75) is 58.3 Å². The van der Waals surface area contributed by atoms with Gasteiger partial charge < -0.3 is 25.4 Å². The van der Waals surface area contributed by atoms with E-state index in [4.69, 9.17) is 4.52 Å². The Morgan fingerprint density at radius 1 is 0.887 bits per heavy atom. The van der Waals surface area contributed by atoms with Gasteiger partial charge >= 0.3 is 23.9 Å². The molecule has 2 aliphatic heterocycles. The first-order valence-corrected chi connectivity index (χ1v) is 16.2. The highest BCUT2D eigenvalue weighted by Gasteiger charge is 2.54. The number of hydrogen-bond donors (Lipinski definition) is 3. The Morgan fingerprint density at radius 3 is 2.23 bits per heavy atom. The van der Waals surface area contributed by atoms with Crippen LogP contribution in [0.5, 0.6) is 0 Å². The summed E-state index contributed by atoms with van der Waals surface area (Å²) in [4.78, 5) is 60.3. The SMILES string of the molecule is Cc1cc(C(=O)N2CCC(CC(=O)Nc3ccc4cc3CCc3cncc(c3)Nc3ncc(C)c(n3)N4)CC2)no1.O=C(C(=O)C(F)(F)F)C(F)(F)F. The van der Waals surface area contributed by atoms with E-state index in [9.17, 15) is 45.5 Å². The van der Waals surface area contributed by atoms with Crippen molar-refractivity contribution in [2.75, 3.05) is 29.0 Å². The van der Waals surface area contributed by atoms with Gasteiger partial charge in [0.05, 0.1) is 11.9 Å². The number of aromatic nitrogens is 4. The number of amides is 2. The number of fused-ring (bicyclic) bond motifs is 6. The smallest absolute Gasteiger partial charge is 0.361 e. The van der Waals surface area contributed by atoms with Crippen LogP contribution in [0.15, 0.2) is 53.4 Å². The zero-order chi connectivity index (χ0) is 38.5. The lowest BCUT2D eigenvalue weighted by Gasteiger charge is -2.31. The molecule has 0 spiro atoms. The first-order chi connectivity index (χ1) is 25.0. The van der Waals surface area contributed by atoms with Crippen molar-refractivity contribution in [3.63, 3.8) is 0 Å². The number of benzene rings is 1. The third kappa shape index (κ3) is 10.1. The molecule has 0 aliphatic carbocycles. The molecule has 6 rings (SSSR count). The number of pyridine rings is 1. The van der Waals surface area contributed by atoms with Crippen molar-refractivity contribution < 1.29 is 50.0 Å². The Balaban J connectivity index is 0.000000390. The van der Waals surface area contributed by atoms with Crippen molar-refractivity contribution in [1.29, 1.82) is 0 Å². The molecule has 19 heteroatoms. The largest absolute Gasteiger partial charge is 0.458 e. The number of halogens is 6. The minimum atomic E-state index is -5.77. The third-order valence-electron chi connectivity index (χ3n) is 8.29. The van der Waals surface area contributed by atoms with E-state index >= 15 is 0 Å². The van der Waals surface area contributed by atoms with Gasteiger partial charge in [0.25, 0.3) is 5.91 Å². The summed E-state index contributed by atoms with van der Waals surface area (Å²) in [5.41, 5.74) is 5.84. The maximum atomic E-state index is 13.2. The van der Waals surface area contributed by atoms with Crippen molar-refractivity contribution in [3.05, 3.63) is 77.1 Å². The highest BCUT2D eigenvalue weighted by molar-refractivity contribution is 6.41. The molecule has 53 heavy (non-hydrogen) atoms. The third-order valence-corrected chi connectivity index (χ3v) is 8.29. The van der Waals surface area contributed by atoms with Gasteiger partial charge in [0.15, 0.2) is 5.69 Å². The Labute approximate surface area is 297 Å². The lowest BCUT2D eigenvalue weighted by atomic mass is 9.93. The van der Waals surface area contributed by atoms with Crippen LogP contribution in [0.1, 0.15) is 52.2 Å². The van der Waals surface area contributed by atoms with Crippen LogP contribution in [0.2, 0.25) is 0 Å². The second-order valence-electron chi connectivity index (χ2n) is 12.4. The fraction of sp³-hybridized carbons (Fsp3) is 0.353. The number of carbonyl (C=O) groups is 4. The molecule has 1 aromatic carbocycles. The van der Waals surface area contributed by atoms with E-state index in [1.165, 1.54) is 0 Å². The molecule has 4 aromatic rings. The normalized spacial score (nSPS) is 14.5. The second kappa shape index (κ2) is 15.8. The monoisotopic (exact) mass is 746 g/mol. The molecule has 280 valence electrons. The van der Waals surface area contributed by atoms with Crippen LogP contribution in [0.25, 0.3) is 0 Å². The Morgan fingerprint density at radius 2 is 1.58 bits per heavy atom. The minimum absolute atomic E-state index is 0.0223. The van der Waals surface area contributed by atoms with Gasteiger partial charge in [-0.25, -0.2) is 4.98 Å². The molecule has 5 heterocycles. The molecule has 1 saturated heterocycles. The first-order valence-electron chi connectivity index (χ1n) is 16.2. The molecule has 2 aliphatic rings. The summed E-state index contributed by atoms with van der Waals surface area (Å²) in [6.07, 6.45) is -2.74. The second-order valence-corrected chi connectivity index (χ2v) is 12.4. The predicted octanol–water partition coefficient (Wildman–Crippen LogP) is 6.19. The van der Waals surface area contributed by atoms with Crippen LogP contribution in [-0.2, 0) is 27.2 Å². The Kier molecular flexibility index (Phi) is 11.4. The Hall–Kier alpha value is -5.88. The van der Waals surface area contributed by atoms with Crippen LogP contribution >= 0.6 is 0 Å². The van der Waals surface area contributed by atoms with Crippen LogP contribution in [0.3, 0.4) is 0 Å². The molecular formula is C34H32F6N8O5. The predicted molar refractivity (Wildman–Crippen MR) is 177 cm³/mol. The number of nitrogens with zero attached hydrogens (tertiary/aromatic N) is 5. The van der Waals surface area contributed by atoms with Gasteiger partial charge in [0, 0.05) is 54.9 Å². The molecule has 0 saturated carbocycles. The van der Waals surface area contributed by atoms with Crippen LogP contribution in [0, 0.1) is 19.8 Å². The topological polar surface area (TPSA) is 172 Å². The number of likely N-dealkylation sites (tertiary alicyclic amines) is 1. The van der Waals surface area contributed by atoms with Gasteiger partial charge in [-0.05, 0) is 80.8 Å². The van der Waals surface area contributed by atoms with Gasteiger partial charge in [-0.2, -0.15) is 31.3 Å². The lowest BCUT2D eigenvalue weighted by molar-refractivity contribution is -0.193. The van der Waals surface area contributed by atoms with E-state index in [-0.39, 0.29) is 17.7 Å². The van der Waals surface area contributed by atoms with Gasteiger partial charge in [-0.1, -0.05) is 5.16 Å². The van der Waals surface area contributed by atoms with Crippen LogP contribution < -0.4 is 16.0 Å². The van der Waals surface area contributed by atoms with E-state index < -0.39 is 23.9 Å². The lowest BCUT2D eigenvalue weighted by Crippen LogP contribution is -2.39. The number of ketones is 2. The van der Waals surface area contributed by atoms with Gasteiger partial charge in [-0.3, -0.25) is 24.2 Å². The van der Waals surface area contributed by atoms with Crippen molar-refractivity contribution >= 4 is 52.2 Å². The molecule has 0 unspecified atom stereocenters. The van der Waals surface area contributed by atoms with E-state index in [1.807, 2.05) is 31.3 Å². The molecule has 0 radical (unpaired) electrons. The summed E-state index contributed by atoms with van der Waals surface area (Å²) < 4.78 is 72.0. The van der Waals surface area contributed by atoms with Crippen LogP contribution in [0.4, 0.5) is 55.2 Å². The zero-order valence-electron chi connectivity index (χ0n) is 28.2. The van der Waals surface area contributed by atoms with Crippen molar-refractivity contribution in [3.8, 4) is 0 Å². The molecule has 13 nitrogen and oxygen atoms in total. The molecule has 6 bridgehead atoms. The molecule has 2 amide bonds. The molecular weight excluding hydrogens is 714 g/mol. The fourth-order valence-electron chi connectivity index (χ4n) is 5.56. The van der Waals surface area contributed by atoms with Gasteiger partial charge in [0.2, 0.25) is 11.9 Å². The minimum Gasteiger partial charge on any atom is -0.361 e. The maximum absolute atomic E-state index is 13.2. The summed E-state index contributed by atoms with van der Waals surface area (Å²) in [7, 11) is 0. The highest BCUT2D eigenvalue weighted by atomic mass is 19.4. The standard InChI is InChI=1S/C30H32N8O3.C4F6O2/c1-18-15-32-30-34-24-12-21(16-31-17-24)3-4-22-14-23(33-28(18)36-30)5-6-25(22)35-27(39)13-20-7-9-38(10-8-20)29(40)26-11-19(2)41-37-26;5-3(6,7)1(11)2(12)4(8,9)10/h5-6,11-12,14-17,20H,3-4,7-10,13H2,1-2H3,(H,35,39)(H2,32,33,34,36);. The van der Waals surface area contributed by atoms with Crippen LogP contribution in [-0.4, -0.2) is 73.8 Å². The number of alkyl halides is 6. The van der Waals surface area contributed by atoms with Crippen molar-refractivity contribution in [2.24, 2.45) is 5.92 Å². The average Bonchev–Trinajstić information content (AvgIpc) is 3.54. The number of carbonyl (C=O) groups excluding carboxylic acids is 4. The fourth-order valence-corrected chi connectivity index (χ4v) is 5.56. The van der Waals surface area contributed by atoms with E-state index in [0.717, 1.165) is 59.4 Å². The number of anilines is 5. The van der Waals surface area contributed by atoms with Crippen molar-refractivity contribution in [1.82, 2.24) is 25.0 Å². The number of rotatable bonds is 5. The first kappa shape index (κ1) is 38.4. The maximum Gasteiger partial charge on any atom is 0.458 e. The van der Waals surface area contributed by atoms with E-state index in [1.54, 1.807) is 30.3 Å². The number of piperidine rings is 1. The number of hydrogen-bond acceptors (Lipinski definition) is 11. The van der Waals surface area contributed by atoms with Gasteiger partial charge in [-0.15, -0.1) is 0 Å². The molecule has 0 atom stereocenters. The highest BCUT2D eigenvalue weighted by Crippen LogP contribution is 2.29. The molecule has 3 N–H and O–H groups in total. The van der Waals surface area contributed by atoms with E-state index in [2.05, 4.69) is 42.1 Å². The zero-order valence-corrected chi connectivity index (χ0v) is 28.2. The molecule has 3 aromatic heterocycles. The number of aryl methyl sites for hydroxylation is 4. The summed E-state index contributed by atoms with van der Waals surface area (Å²) in [5, 5.41) is 13.6. The summed E-state index contributed by atoms with van der Waals surface area (Å²) in [5.74, 6) is -4.94. The summed E-state index contributed by atoms with van der Waals surface area (Å²) in [6.45, 7) is 4.92. The summed E-state index contributed by atoms with van der Waals surface area (Å²) in [6, 6.07) is 9.66. The number of nitrogens with one attached hydrogen (secondary N) is 3. The van der Waals surface area contributed by atoms with E-state index in [0.29, 0.717) is 42.7 Å².